The van der Waals surface area contributed by atoms with Crippen LogP contribution in [-0.2, 0) is 0 Å². The Bertz CT molecular complexity index is 979. The molecule has 0 spiro atoms. The Kier molecular flexibility index (Phi) is 4.50. The van der Waals surface area contributed by atoms with Gasteiger partial charge in [0.1, 0.15) is 17.3 Å². The summed E-state index contributed by atoms with van der Waals surface area (Å²) in [4.78, 5) is 5.75. The molecule has 1 N–H and O–H groups in total. The number of rotatable bonds is 4. The van der Waals surface area contributed by atoms with Gasteiger partial charge >= 0.3 is 0 Å². The highest BCUT2D eigenvalue weighted by Gasteiger charge is 2.19. The van der Waals surface area contributed by atoms with Crippen molar-refractivity contribution in [2.75, 3.05) is 6.61 Å². The molecule has 2 heterocycles. The largest absolute Gasteiger partial charge is 0.494 e. The molecular formula is C20H16FN3OS. The first-order valence-electron chi connectivity index (χ1n) is 8.24. The molecule has 1 aliphatic rings. The molecule has 0 bridgehead atoms. The SMILES string of the molecule is CCOc1ccc2c(c1)C(c1cccs1)=NNC(c1ccc(F)cc1)=N2. The number of halogens is 1. The highest BCUT2D eigenvalue weighted by Crippen LogP contribution is 2.30. The predicted molar refractivity (Wildman–Crippen MR) is 103 cm³/mol. The van der Waals surface area contributed by atoms with Gasteiger partial charge in [-0.2, -0.15) is 5.10 Å². The van der Waals surface area contributed by atoms with E-state index in [0.29, 0.717) is 12.4 Å². The zero-order valence-corrected chi connectivity index (χ0v) is 14.9. The van der Waals surface area contributed by atoms with Crippen LogP contribution in [0.5, 0.6) is 5.75 Å². The van der Waals surface area contributed by atoms with Crippen molar-refractivity contribution in [2.24, 2.45) is 10.1 Å². The number of nitrogens with zero attached hydrogens (tertiary/aromatic N) is 2. The van der Waals surface area contributed by atoms with Crippen LogP contribution >= 0.6 is 11.3 Å². The van der Waals surface area contributed by atoms with Crippen LogP contribution in [0.4, 0.5) is 10.1 Å². The fraction of sp³-hybridized carbons (Fsp3) is 0.100. The van der Waals surface area contributed by atoms with E-state index in [4.69, 9.17) is 9.73 Å². The Balaban J connectivity index is 1.84. The molecule has 0 unspecified atom stereocenters. The number of ether oxygens (including phenoxy) is 1. The summed E-state index contributed by atoms with van der Waals surface area (Å²) in [5, 5.41) is 6.60. The van der Waals surface area contributed by atoms with Gasteiger partial charge in [0.2, 0.25) is 0 Å². The van der Waals surface area contributed by atoms with Crippen molar-refractivity contribution in [2.45, 2.75) is 6.92 Å². The number of hydrogen-bond acceptors (Lipinski definition) is 5. The number of hydrogen-bond donors (Lipinski definition) is 1. The fourth-order valence-electron chi connectivity index (χ4n) is 2.71. The van der Waals surface area contributed by atoms with Gasteiger partial charge in [-0.05, 0) is 60.8 Å². The van der Waals surface area contributed by atoms with Gasteiger partial charge in [-0.3, -0.25) is 5.43 Å². The molecule has 1 aromatic heterocycles. The van der Waals surface area contributed by atoms with Gasteiger partial charge in [0.25, 0.3) is 0 Å². The van der Waals surface area contributed by atoms with Crippen LogP contribution in [0.2, 0.25) is 0 Å². The molecule has 2 aromatic carbocycles. The molecule has 4 nitrogen and oxygen atoms in total. The molecule has 0 saturated carbocycles. The molecular weight excluding hydrogens is 349 g/mol. The zero-order valence-electron chi connectivity index (χ0n) is 14.1. The molecule has 0 saturated heterocycles. The monoisotopic (exact) mass is 365 g/mol. The number of fused-ring (bicyclic) bond motifs is 1. The van der Waals surface area contributed by atoms with E-state index < -0.39 is 0 Å². The Morgan fingerprint density at radius 1 is 1.12 bits per heavy atom. The number of aliphatic imine (C=N–C) groups is 1. The molecule has 130 valence electrons. The van der Waals surface area contributed by atoms with Gasteiger partial charge < -0.3 is 4.74 Å². The molecule has 1 aliphatic heterocycles. The fourth-order valence-corrected chi connectivity index (χ4v) is 3.44. The van der Waals surface area contributed by atoms with Gasteiger partial charge in [-0.1, -0.05) is 6.07 Å². The summed E-state index contributed by atoms with van der Waals surface area (Å²) in [6.45, 7) is 2.54. The smallest absolute Gasteiger partial charge is 0.154 e. The van der Waals surface area contributed by atoms with E-state index in [1.54, 1.807) is 23.5 Å². The average molecular weight is 365 g/mol. The van der Waals surface area contributed by atoms with Crippen molar-refractivity contribution in [3.05, 3.63) is 81.8 Å². The van der Waals surface area contributed by atoms with Crippen LogP contribution in [0.25, 0.3) is 0 Å². The minimum absolute atomic E-state index is 0.285. The van der Waals surface area contributed by atoms with Crippen LogP contribution in [0.1, 0.15) is 22.9 Å². The summed E-state index contributed by atoms with van der Waals surface area (Å²) in [7, 11) is 0. The topological polar surface area (TPSA) is 46.0 Å². The summed E-state index contributed by atoms with van der Waals surface area (Å²) < 4.78 is 18.9. The molecule has 26 heavy (non-hydrogen) atoms. The lowest BCUT2D eigenvalue weighted by Crippen LogP contribution is -2.19. The van der Waals surface area contributed by atoms with Gasteiger partial charge in [0.05, 0.1) is 17.2 Å². The number of amidine groups is 1. The lowest BCUT2D eigenvalue weighted by atomic mass is 10.1. The summed E-state index contributed by atoms with van der Waals surface area (Å²) in [6.07, 6.45) is 0. The van der Waals surface area contributed by atoms with Gasteiger partial charge in [0.15, 0.2) is 5.84 Å². The third kappa shape index (κ3) is 3.23. The van der Waals surface area contributed by atoms with Crippen molar-refractivity contribution in [1.82, 2.24) is 5.43 Å². The summed E-state index contributed by atoms with van der Waals surface area (Å²) in [5.41, 5.74) is 6.28. The molecule has 0 radical (unpaired) electrons. The van der Waals surface area contributed by atoms with Crippen molar-refractivity contribution in [3.8, 4) is 5.75 Å². The number of thiophene rings is 1. The van der Waals surface area contributed by atoms with Crippen LogP contribution in [0.3, 0.4) is 0 Å². The van der Waals surface area contributed by atoms with Gasteiger partial charge in [-0.15, -0.1) is 11.3 Å². The highest BCUT2D eigenvalue weighted by molar-refractivity contribution is 7.12. The second kappa shape index (κ2) is 7.09. The lowest BCUT2D eigenvalue weighted by Gasteiger charge is -2.09. The van der Waals surface area contributed by atoms with E-state index in [2.05, 4.69) is 10.5 Å². The predicted octanol–water partition coefficient (Wildman–Crippen LogP) is 4.72. The van der Waals surface area contributed by atoms with E-state index in [1.807, 2.05) is 42.6 Å². The Morgan fingerprint density at radius 3 is 2.69 bits per heavy atom. The van der Waals surface area contributed by atoms with Crippen LogP contribution in [0.15, 0.2) is 70.1 Å². The van der Waals surface area contributed by atoms with Gasteiger partial charge in [0, 0.05) is 11.1 Å². The number of hydrazone groups is 1. The highest BCUT2D eigenvalue weighted by atomic mass is 32.1. The Morgan fingerprint density at radius 2 is 1.96 bits per heavy atom. The molecule has 0 amide bonds. The third-order valence-electron chi connectivity index (χ3n) is 3.91. The minimum Gasteiger partial charge on any atom is -0.494 e. The second-order valence-corrected chi connectivity index (χ2v) is 6.58. The van der Waals surface area contributed by atoms with Crippen molar-refractivity contribution < 1.29 is 9.13 Å². The van der Waals surface area contributed by atoms with E-state index in [1.165, 1.54) is 12.1 Å². The minimum atomic E-state index is -0.285. The van der Waals surface area contributed by atoms with Crippen molar-refractivity contribution in [3.63, 3.8) is 0 Å². The molecule has 0 aliphatic carbocycles. The molecule has 3 aromatic rings. The standard InChI is InChI=1S/C20H16FN3OS/c1-2-25-15-9-10-17-16(12-15)19(18-4-3-11-26-18)23-24-20(22-17)13-5-7-14(21)8-6-13/h3-12H,2H2,1H3,(H,22,24). The zero-order chi connectivity index (χ0) is 17.9. The van der Waals surface area contributed by atoms with E-state index in [-0.39, 0.29) is 5.82 Å². The van der Waals surface area contributed by atoms with Crippen molar-refractivity contribution >= 4 is 28.6 Å². The molecule has 4 rings (SSSR count). The van der Waals surface area contributed by atoms with Crippen molar-refractivity contribution in [1.29, 1.82) is 0 Å². The maximum atomic E-state index is 13.2. The average Bonchev–Trinajstić information content (AvgIpc) is 3.11. The van der Waals surface area contributed by atoms with E-state index in [9.17, 15) is 4.39 Å². The maximum Gasteiger partial charge on any atom is 0.154 e. The second-order valence-electron chi connectivity index (χ2n) is 5.63. The van der Waals surface area contributed by atoms with Crippen LogP contribution < -0.4 is 10.2 Å². The number of benzene rings is 2. The Labute approximate surface area is 154 Å². The summed E-state index contributed by atoms with van der Waals surface area (Å²) in [6, 6.07) is 16.0. The van der Waals surface area contributed by atoms with E-state index in [0.717, 1.165) is 33.2 Å². The first-order chi connectivity index (χ1) is 12.7. The Hall–Kier alpha value is -2.99. The lowest BCUT2D eigenvalue weighted by molar-refractivity contribution is 0.340. The quantitative estimate of drug-likeness (QED) is 0.727. The van der Waals surface area contributed by atoms with E-state index >= 15 is 0 Å². The first kappa shape index (κ1) is 16.5. The molecule has 0 atom stereocenters. The summed E-state index contributed by atoms with van der Waals surface area (Å²) >= 11 is 1.61. The molecule has 0 fully saturated rings. The summed E-state index contributed by atoms with van der Waals surface area (Å²) in [5.74, 6) is 1.06. The van der Waals surface area contributed by atoms with Crippen LogP contribution in [0, 0.1) is 5.82 Å². The van der Waals surface area contributed by atoms with Gasteiger partial charge in [-0.25, -0.2) is 9.38 Å². The maximum absolute atomic E-state index is 13.2. The molecule has 6 heteroatoms. The van der Waals surface area contributed by atoms with Crippen LogP contribution in [-0.4, -0.2) is 18.2 Å². The normalized spacial score (nSPS) is 13.2. The first-order valence-corrected chi connectivity index (χ1v) is 9.12. The number of nitrogens with one attached hydrogen (secondary N) is 1. The third-order valence-corrected chi connectivity index (χ3v) is 4.79.